The van der Waals surface area contributed by atoms with E-state index in [0.717, 1.165) is 23.8 Å². The van der Waals surface area contributed by atoms with E-state index in [9.17, 15) is 13.6 Å². The van der Waals surface area contributed by atoms with Crippen LogP contribution in [-0.2, 0) is 16.1 Å². The van der Waals surface area contributed by atoms with Gasteiger partial charge in [-0.25, -0.2) is 19.2 Å². The van der Waals surface area contributed by atoms with Gasteiger partial charge in [0.15, 0.2) is 5.54 Å². The van der Waals surface area contributed by atoms with Gasteiger partial charge in [-0.3, -0.25) is 10.2 Å². The van der Waals surface area contributed by atoms with Crippen LogP contribution in [0.15, 0.2) is 83.9 Å². The molecule has 3 aromatic carbocycles. The predicted octanol–water partition coefficient (Wildman–Crippen LogP) is 4.55. The van der Waals surface area contributed by atoms with Crippen LogP contribution in [0, 0.1) is 11.6 Å². The maximum Gasteiger partial charge on any atom is 0.266 e. The molecule has 3 aromatic rings. The summed E-state index contributed by atoms with van der Waals surface area (Å²) in [4.78, 5) is 18.3. The highest BCUT2D eigenvalue weighted by Gasteiger charge is 2.49. The van der Waals surface area contributed by atoms with E-state index in [-0.39, 0.29) is 25.1 Å². The third-order valence-electron chi connectivity index (χ3n) is 6.36. The van der Waals surface area contributed by atoms with E-state index in [1.807, 2.05) is 42.5 Å². The average Bonchev–Trinajstić information content (AvgIpc) is 3.28. The number of hydrazine groups is 1. The van der Waals surface area contributed by atoms with Gasteiger partial charge in [0.25, 0.3) is 5.91 Å². The number of rotatable bonds is 12. The average molecular weight is 536 g/mol. The minimum atomic E-state index is -1.32. The molecule has 1 heterocycles. The first-order valence-corrected chi connectivity index (χ1v) is 12.7. The van der Waals surface area contributed by atoms with Crippen molar-refractivity contribution >= 4 is 17.9 Å². The fraction of sp³-hybridized carbons (Fsp3) is 0.267. The smallest absolute Gasteiger partial charge is 0.266 e. The fourth-order valence-electron chi connectivity index (χ4n) is 4.13. The monoisotopic (exact) mass is 535 g/mol. The maximum atomic E-state index is 14.0. The molecule has 0 aliphatic carbocycles. The second-order valence-electron chi connectivity index (χ2n) is 9.11. The molecule has 1 aliphatic rings. The Bertz CT molecular complexity index is 1320. The number of halogens is 2. The number of hydrogen-bond acceptors (Lipinski definition) is 6. The molecular formula is C30H31F2N3O4. The fourth-order valence-corrected chi connectivity index (χ4v) is 4.13. The highest BCUT2D eigenvalue weighted by molar-refractivity contribution is 6.00. The summed E-state index contributed by atoms with van der Waals surface area (Å²) in [5, 5.41) is 8.93. The second-order valence-corrected chi connectivity index (χ2v) is 9.11. The molecule has 0 aromatic heterocycles. The standard InChI is InChI=1S/C30H31F2N3O4/c1-21-30(16-5-9-22-7-3-2-4-8-22,29(37)35-33-20-24-19-25(31)12-15-27(24)32)34-28(39-21)23-10-13-26(14-11-23)38-18-6-17-36/h2-5,7-15,19,21,33,36H,6,16-18,20H2,1H3,(H,35,37)/b9-5+/t21-,30-/m0/s1. The summed E-state index contributed by atoms with van der Waals surface area (Å²) in [5.41, 5.74) is 5.72. The molecule has 0 unspecified atom stereocenters. The number of nitrogens with one attached hydrogen (secondary N) is 2. The third kappa shape index (κ3) is 7.07. The molecule has 0 spiro atoms. The Hall–Kier alpha value is -4.08. The van der Waals surface area contributed by atoms with Crippen molar-refractivity contribution in [2.24, 2.45) is 4.99 Å². The summed E-state index contributed by atoms with van der Waals surface area (Å²) in [6.07, 6.45) is 3.91. The number of benzene rings is 3. The Morgan fingerprint density at radius 2 is 1.90 bits per heavy atom. The zero-order valence-corrected chi connectivity index (χ0v) is 21.6. The van der Waals surface area contributed by atoms with Crippen molar-refractivity contribution in [3.63, 3.8) is 0 Å². The first kappa shape index (κ1) is 27.9. The van der Waals surface area contributed by atoms with Gasteiger partial charge in [0.05, 0.1) is 6.61 Å². The van der Waals surface area contributed by atoms with Gasteiger partial charge in [-0.1, -0.05) is 42.5 Å². The van der Waals surface area contributed by atoms with Crippen LogP contribution in [0.2, 0.25) is 0 Å². The molecular weight excluding hydrogens is 504 g/mol. The SMILES string of the molecule is C[C@@H]1OC(c2ccc(OCCCO)cc2)=N[C@]1(C/C=C/c1ccccc1)C(=O)NNCc1cc(F)ccc1F. The Labute approximate surface area is 226 Å². The minimum Gasteiger partial charge on any atom is -0.494 e. The largest absolute Gasteiger partial charge is 0.494 e. The molecule has 1 aliphatic heterocycles. The van der Waals surface area contributed by atoms with Crippen LogP contribution < -0.4 is 15.6 Å². The summed E-state index contributed by atoms with van der Waals surface area (Å²) in [6, 6.07) is 19.9. The Morgan fingerprint density at radius 1 is 1.13 bits per heavy atom. The number of ether oxygens (including phenoxy) is 2. The van der Waals surface area contributed by atoms with Crippen LogP contribution in [0.3, 0.4) is 0 Å². The lowest BCUT2D eigenvalue weighted by molar-refractivity contribution is -0.129. The van der Waals surface area contributed by atoms with Gasteiger partial charge in [0, 0.05) is 37.1 Å². The van der Waals surface area contributed by atoms with Crippen molar-refractivity contribution in [1.29, 1.82) is 0 Å². The highest BCUT2D eigenvalue weighted by atomic mass is 19.1. The van der Waals surface area contributed by atoms with Crippen LogP contribution >= 0.6 is 0 Å². The minimum absolute atomic E-state index is 0.0511. The van der Waals surface area contributed by atoms with E-state index < -0.39 is 29.2 Å². The van der Waals surface area contributed by atoms with Crippen LogP contribution in [0.5, 0.6) is 5.75 Å². The zero-order chi connectivity index (χ0) is 27.7. The van der Waals surface area contributed by atoms with Crippen LogP contribution in [0.4, 0.5) is 8.78 Å². The zero-order valence-electron chi connectivity index (χ0n) is 21.6. The summed E-state index contributed by atoms with van der Waals surface area (Å²) in [5.74, 6) is -0.672. The lowest BCUT2D eigenvalue weighted by Crippen LogP contribution is -2.54. The van der Waals surface area contributed by atoms with Crippen molar-refractivity contribution in [3.8, 4) is 5.75 Å². The van der Waals surface area contributed by atoms with E-state index in [1.54, 1.807) is 31.2 Å². The number of carbonyl (C=O) groups excluding carboxylic acids is 1. The number of hydrogen-bond donors (Lipinski definition) is 3. The van der Waals surface area contributed by atoms with Gasteiger partial charge < -0.3 is 14.6 Å². The van der Waals surface area contributed by atoms with Crippen molar-refractivity contribution in [2.75, 3.05) is 13.2 Å². The number of aliphatic hydroxyl groups excluding tert-OH is 1. The number of aliphatic hydroxyl groups is 1. The normalized spacial score (nSPS) is 18.6. The Kier molecular flexibility index (Phi) is 9.40. The van der Waals surface area contributed by atoms with Crippen LogP contribution in [-0.4, -0.2) is 41.8 Å². The van der Waals surface area contributed by atoms with Crippen LogP contribution in [0.1, 0.15) is 36.5 Å². The lowest BCUT2D eigenvalue weighted by Gasteiger charge is -2.27. The van der Waals surface area contributed by atoms with Gasteiger partial charge in [0.1, 0.15) is 23.5 Å². The van der Waals surface area contributed by atoms with Crippen LogP contribution in [0.25, 0.3) is 6.08 Å². The summed E-state index contributed by atoms with van der Waals surface area (Å²) >= 11 is 0. The quantitative estimate of drug-likeness (QED) is 0.234. The molecule has 0 fully saturated rings. The molecule has 3 N–H and O–H groups in total. The Morgan fingerprint density at radius 3 is 2.64 bits per heavy atom. The van der Waals surface area contributed by atoms with Crippen molar-refractivity contribution in [3.05, 3.63) is 107 Å². The molecule has 1 amide bonds. The van der Waals surface area contributed by atoms with E-state index in [4.69, 9.17) is 19.6 Å². The summed E-state index contributed by atoms with van der Waals surface area (Å²) in [6.45, 7) is 2.10. The maximum absolute atomic E-state index is 14.0. The third-order valence-corrected chi connectivity index (χ3v) is 6.36. The topological polar surface area (TPSA) is 92.2 Å². The Balaban J connectivity index is 1.54. The van der Waals surface area contributed by atoms with E-state index in [2.05, 4.69) is 10.9 Å². The van der Waals surface area contributed by atoms with E-state index in [0.29, 0.717) is 30.2 Å². The van der Waals surface area contributed by atoms with Gasteiger partial charge in [-0.2, -0.15) is 0 Å². The number of amides is 1. The van der Waals surface area contributed by atoms with Crippen molar-refractivity contribution < 1.29 is 28.2 Å². The van der Waals surface area contributed by atoms with Gasteiger partial charge in [-0.05, 0) is 55.0 Å². The van der Waals surface area contributed by atoms with Gasteiger partial charge >= 0.3 is 0 Å². The molecule has 2 atom stereocenters. The molecule has 7 nitrogen and oxygen atoms in total. The van der Waals surface area contributed by atoms with E-state index >= 15 is 0 Å². The molecule has 204 valence electrons. The van der Waals surface area contributed by atoms with Crippen molar-refractivity contribution in [1.82, 2.24) is 10.9 Å². The first-order valence-electron chi connectivity index (χ1n) is 12.7. The molecule has 0 bridgehead atoms. The van der Waals surface area contributed by atoms with E-state index in [1.165, 1.54) is 0 Å². The number of carbonyl (C=O) groups is 1. The lowest BCUT2D eigenvalue weighted by atomic mass is 9.89. The number of aliphatic imine (C=N–C) groups is 1. The summed E-state index contributed by atoms with van der Waals surface area (Å²) < 4.78 is 39.2. The highest BCUT2D eigenvalue weighted by Crippen LogP contribution is 2.33. The molecule has 39 heavy (non-hydrogen) atoms. The molecule has 9 heteroatoms. The number of nitrogens with zero attached hydrogens (tertiary/aromatic N) is 1. The van der Waals surface area contributed by atoms with Gasteiger partial charge in [0.2, 0.25) is 5.90 Å². The molecule has 4 rings (SSSR count). The van der Waals surface area contributed by atoms with Gasteiger partial charge in [-0.15, -0.1) is 0 Å². The van der Waals surface area contributed by atoms with Crippen molar-refractivity contribution in [2.45, 2.75) is 38.0 Å². The predicted molar refractivity (Wildman–Crippen MR) is 145 cm³/mol. The second kappa shape index (κ2) is 13.1. The molecule has 0 saturated carbocycles. The first-order chi connectivity index (χ1) is 18.9. The molecule has 0 saturated heterocycles. The summed E-state index contributed by atoms with van der Waals surface area (Å²) in [7, 11) is 0. The molecule has 0 radical (unpaired) electrons.